The number of amides is 2. The van der Waals surface area contributed by atoms with Gasteiger partial charge >= 0.3 is 0 Å². The van der Waals surface area contributed by atoms with Crippen LogP contribution in [0.15, 0.2) is 78.9 Å². The van der Waals surface area contributed by atoms with E-state index in [1.165, 1.54) is 0 Å². The molecule has 0 bridgehead atoms. The third-order valence-electron chi connectivity index (χ3n) is 4.72. The van der Waals surface area contributed by atoms with E-state index in [2.05, 4.69) is 10.6 Å². The van der Waals surface area contributed by atoms with Crippen LogP contribution in [-0.4, -0.2) is 17.9 Å². The van der Waals surface area contributed by atoms with Crippen LogP contribution in [0.4, 0.5) is 5.69 Å². The molecule has 2 N–H and O–H groups in total. The summed E-state index contributed by atoms with van der Waals surface area (Å²) in [5, 5.41) is 5.84. The van der Waals surface area contributed by atoms with E-state index in [9.17, 15) is 9.59 Å². The zero-order chi connectivity index (χ0) is 20.1. The first-order chi connectivity index (χ1) is 14.2. The summed E-state index contributed by atoms with van der Waals surface area (Å²) in [5.41, 5.74) is 2.58. The van der Waals surface area contributed by atoms with Gasteiger partial charge in [0.25, 0.3) is 11.8 Å². The first-order valence-corrected chi connectivity index (χ1v) is 9.67. The van der Waals surface area contributed by atoms with Crippen molar-refractivity contribution in [1.29, 1.82) is 0 Å². The first kappa shape index (κ1) is 18.7. The molecule has 0 heterocycles. The molecule has 4 rings (SSSR count). The topological polar surface area (TPSA) is 67.4 Å². The average Bonchev–Trinajstić information content (AvgIpc) is 3.57. The lowest BCUT2D eigenvalue weighted by atomic mass is 10.1. The Morgan fingerprint density at radius 2 is 1.52 bits per heavy atom. The summed E-state index contributed by atoms with van der Waals surface area (Å²) in [4.78, 5) is 24.8. The van der Waals surface area contributed by atoms with Gasteiger partial charge in [0.15, 0.2) is 0 Å². The fourth-order valence-corrected chi connectivity index (χ4v) is 2.95. The van der Waals surface area contributed by atoms with Crippen LogP contribution >= 0.6 is 0 Å². The molecule has 2 amide bonds. The molecule has 5 heteroatoms. The maximum atomic E-state index is 12.8. The second-order valence-electron chi connectivity index (χ2n) is 7.04. The molecule has 1 saturated carbocycles. The molecular formula is C24H22N2O3. The molecule has 1 aliphatic rings. The molecule has 0 radical (unpaired) electrons. The number of hydrogen-bond donors (Lipinski definition) is 2. The monoisotopic (exact) mass is 386 g/mol. The van der Waals surface area contributed by atoms with Crippen molar-refractivity contribution in [3.63, 3.8) is 0 Å². The van der Waals surface area contributed by atoms with E-state index in [-0.39, 0.29) is 11.8 Å². The number of hydrogen-bond acceptors (Lipinski definition) is 3. The molecule has 0 aliphatic heterocycles. The minimum absolute atomic E-state index is 0.0752. The number of carbonyl (C=O) groups is 2. The van der Waals surface area contributed by atoms with Crippen molar-refractivity contribution in [3.05, 3.63) is 95.6 Å². The van der Waals surface area contributed by atoms with Gasteiger partial charge in [-0.3, -0.25) is 9.59 Å². The molecule has 3 aromatic carbocycles. The minimum atomic E-state index is -0.215. The quantitative estimate of drug-likeness (QED) is 0.632. The predicted molar refractivity (Wildman–Crippen MR) is 112 cm³/mol. The van der Waals surface area contributed by atoms with Gasteiger partial charge in [-0.2, -0.15) is 0 Å². The van der Waals surface area contributed by atoms with Crippen LogP contribution in [0.25, 0.3) is 0 Å². The zero-order valence-electron chi connectivity index (χ0n) is 15.9. The van der Waals surface area contributed by atoms with E-state index >= 15 is 0 Å². The number of benzene rings is 3. The Labute approximate surface area is 169 Å². The van der Waals surface area contributed by atoms with Gasteiger partial charge in [-0.1, -0.05) is 36.4 Å². The SMILES string of the molecule is O=C(NC1CC1)c1ccc(NC(=O)c2ccccc2COc2ccccc2)cc1. The van der Waals surface area contributed by atoms with Gasteiger partial charge in [0.2, 0.25) is 0 Å². The summed E-state index contributed by atoms with van der Waals surface area (Å²) < 4.78 is 5.79. The molecule has 1 fully saturated rings. The third kappa shape index (κ3) is 5.02. The van der Waals surface area contributed by atoms with E-state index in [4.69, 9.17) is 4.74 Å². The first-order valence-electron chi connectivity index (χ1n) is 9.67. The van der Waals surface area contributed by atoms with Crippen molar-refractivity contribution in [3.8, 4) is 5.75 Å². The summed E-state index contributed by atoms with van der Waals surface area (Å²) in [6.07, 6.45) is 2.10. The van der Waals surface area contributed by atoms with Crippen molar-refractivity contribution in [2.75, 3.05) is 5.32 Å². The molecule has 3 aromatic rings. The van der Waals surface area contributed by atoms with Crippen molar-refractivity contribution >= 4 is 17.5 Å². The van der Waals surface area contributed by atoms with Gasteiger partial charge in [0.05, 0.1) is 0 Å². The van der Waals surface area contributed by atoms with E-state index in [0.29, 0.717) is 29.5 Å². The molecule has 1 aliphatic carbocycles. The van der Waals surface area contributed by atoms with Crippen LogP contribution in [0.1, 0.15) is 39.1 Å². The lowest BCUT2D eigenvalue weighted by molar-refractivity contribution is 0.0950. The standard InChI is InChI=1S/C24H22N2O3/c27-23(25-20-14-15-20)17-10-12-19(13-11-17)26-24(28)22-9-5-4-6-18(22)16-29-21-7-2-1-3-8-21/h1-13,20H,14-16H2,(H,25,27)(H,26,28). The van der Waals surface area contributed by atoms with E-state index < -0.39 is 0 Å². The second-order valence-corrected chi connectivity index (χ2v) is 7.04. The molecule has 29 heavy (non-hydrogen) atoms. The van der Waals surface area contributed by atoms with Crippen LogP contribution in [-0.2, 0) is 6.61 Å². The van der Waals surface area contributed by atoms with Gasteiger partial charge in [-0.25, -0.2) is 0 Å². The van der Waals surface area contributed by atoms with E-state index in [1.807, 2.05) is 48.5 Å². The molecule has 0 aromatic heterocycles. The summed E-state index contributed by atoms with van der Waals surface area (Å²) in [6.45, 7) is 0.299. The lowest BCUT2D eigenvalue weighted by Gasteiger charge is -2.12. The van der Waals surface area contributed by atoms with E-state index in [0.717, 1.165) is 24.2 Å². The highest BCUT2D eigenvalue weighted by Gasteiger charge is 2.23. The smallest absolute Gasteiger partial charge is 0.256 e. The van der Waals surface area contributed by atoms with Crippen molar-refractivity contribution in [2.45, 2.75) is 25.5 Å². The van der Waals surface area contributed by atoms with Crippen LogP contribution < -0.4 is 15.4 Å². The molecule has 5 nitrogen and oxygen atoms in total. The van der Waals surface area contributed by atoms with Gasteiger partial charge in [-0.05, 0) is 55.3 Å². The number of ether oxygens (including phenoxy) is 1. The normalized spacial score (nSPS) is 12.8. The molecular weight excluding hydrogens is 364 g/mol. The van der Waals surface area contributed by atoms with Gasteiger partial charge in [0, 0.05) is 28.4 Å². The Kier molecular flexibility index (Phi) is 5.56. The molecule has 146 valence electrons. The maximum absolute atomic E-state index is 12.8. The molecule has 0 spiro atoms. The average molecular weight is 386 g/mol. The Hall–Kier alpha value is -3.60. The summed E-state index contributed by atoms with van der Waals surface area (Å²) in [7, 11) is 0. The van der Waals surface area contributed by atoms with Gasteiger partial charge in [0.1, 0.15) is 12.4 Å². The molecule has 0 atom stereocenters. The molecule has 0 unspecified atom stereocenters. The number of rotatable bonds is 7. The van der Waals surface area contributed by atoms with Crippen LogP contribution in [0.3, 0.4) is 0 Å². The van der Waals surface area contributed by atoms with Gasteiger partial charge < -0.3 is 15.4 Å². The maximum Gasteiger partial charge on any atom is 0.256 e. The number of carbonyl (C=O) groups excluding carboxylic acids is 2. The fourth-order valence-electron chi connectivity index (χ4n) is 2.95. The predicted octanol–water partition coefficient (Wildman–Crippen LogP) is 4.41. The third-order valence-corrected chi connectivity index (χ3v) is 4.72. The van der Waals surface area contributed by atoms with Crippen molar-refractivity contribution < 1.29 is 14.3 Å². The zero-order valence-corrected chi connectivity index (χ0v) is 15.9. The Morgan fingerprint density at radius 3 is 2.24 bits per heavy atom. The van der Waals surface area contributed by atoms with Gasteiger partial charge in [-0.15, -0.1) is 0 Å². The Bertz CT molecular complexity index is 996. The Morgan fingerprint density at radius 1 is 0.828 bits per heavy atom. The van der Waals surface area contributed by atoms with E-state index in [1.54, 1.807) is 30.3 Å². The van der Waals surface area contributed by atoms with Crippen LogP contribution in [0, 0.1) is 0 Å². The lowest BCUT2D eigenvalue weighted by Crippen LogP contribution is -2.25. The highest BCUT2D eigenvalue weighted by Crippen LogP contribution is 2.20. The highest BCUT2D eigenvalue weighted by molar-refractivity contribution is 6.05. The fraction of sp³-hybridized carbons (Fsp3) is 0.167. The van der Waals surface area contributed by atoms with Crippen LogP contribution in [0.2, 0.25) is 0 Å². The number of anilines is 1. The van der Waals surface area contributed by atoms with Crippen molar-refractivity contribution in [2.24, 2.45) is 0 Å². The van der Waals surface area contributed by atoms with Crippen LogP contribution in [0.5, 0.6) is 5.75 Å². The van der Waals surface area contributed by atoms with Crippen molar-refractivity contribution in [1.82, 2.24) is 5.32 Å². The minimum Gasteiger partial charge on any atom is -0.489 e. The second kappa shape index (κ2) is 8.61. The summed E-state index contributed by atoms with van der Waals surface area (Å²) >= 11 is 0. The Balaban J connectivity index is 1.41. The largest absolute Gasteiger partial charge is 0.489 e. The summed E-state index contributed by atoms with van der Waals surface area (Å²) in [5.74, 6) is 0.462. The molecule has 0 saturated heterocycles. The highest BCUT2D eigenvalue weighted by atomic mass is 16.5. The number of nitrogens with one attached hydrogen (secondary N) is 2. The summed E-state index contributed by atoms with van der Waals surface area (Å²) in [6, 6.07) is 24.1. The number of para-hydroxylation sites is 1.